The lowest BCUT2D eigenvalue weighted by Crippen LogP contribution is -2.45. The van der Waals surface area contributed by atoms with Crippen molar-refractivity contribution in [3.05, 3.63) is 29.8 Å². The van der Waals surface area contributed by atoms with Crippen LogP contribution in [0.25, 0.3) is 11.4 Å². The second-order valence-electron chi connectivity index (χ2n) is 5.14. The average Bonchev–Trinajstić information content (AvgIpc) is 2.96. The van der Waals surface area contributed by atoms with Gasteiger partial charge in [-0.1, -0.05) is 24.3 Å². The number of nitrogens with one attached hydrogen (secondary N) is 2. The van der Waals surface area contributed by atoms with Gasteiger partial charge in [-0.05, 0) is 31.5 Å². The molecule has 23 heavy (non-hydrogen) atoms. The Morgan fingerprint density at radius 1 is 1.30 bits per heavy atom. The van der Waals surface area contributed by atoms with Crippen molar-refractivity contribution in [3.63, 3.8) is 0 Å². The zero-order valence-electron chi connectivity index (χ0n) is 13.4. The number of hydrogen-bond donors (Lipinski definition) is 2. The maximum absolute atomic E-state index is 11.9. The molecule has 0 saturated carbocycles. The third-order valence-corrected chi connectivity index (χ3v) is 3.25. The molecule has 0 fully saturated rings. The molecule has 2 rings (SSSR count). The van der Waals surface area contributed by atoms with E-state index < -0.39 is 6.04 Å². The maximum atomic E-state index is 11.9. The van der Waals surface area contributed by atoms with E-state index in [-0.39, 0.29) is 18.4 Å². The molecule has 1 aromatic carbocycles. The summed E-state index contributed by atoms with van der Waals surface area (Å²) in [6, 6.07) is 7.07. The Morgan fingerprint density at radius 2 is 2.04 bits per heavy atom. The van der Waals surface area contributed by atoms with Gasteiger partial charge in [0.25, 0.3) is 0 Å². The van der Waals surface area contributed by atoms with E-state index >= 15 is 0 Å². The fourth-order valence-electron chi connectivity index (χ4n) is 2.05. The fraction of sp³-hybridized carbons (Fsp3) is 0.400. The summed E-state index contributed by atoms with van der Waals surface area (Å²) in [5.41, 5.74) is 1.90. The quantitative estimate of drug-likeness (QED) is 0.797. The molecular formula is C15H20N6O2. The highest BCUT2D eigenvalue weighted by Gasteiger charge is 2.16. The molecule has 0 aliphatic rings. The van der Waals surface area contributed by atoms with Crippen LogP contribution in [0, 0.1) is 6.92 Å². The van der Waals surface area contributed by atoms with Crippen LogP contribution in [0.3, 0.4) is 0 Å². The second-order valence-corrected chi connectivity index (χ2v) is 5.14. The standard InChI is InChI=1S/C15H20N6O2/c1-4-16-15(23)11(3)17-13(22)9-21-19-14(18-20-21)12-8-6-5-7-10(12)2/h5-8,11H,4,9H2,1-3H3,(H,16,23)(H,17,22)/t11-/m0/s1. The highest BCUT2D eigenvalue weighted by Crippen LogP contribution is 2.17. The molecule has 0 unspecified atom stereocenters. The summed E-state index contributed by atoms with van der Waals surface area (Å²) >= 11 is 0. The molecular weight excluding hydrogens is 296 g/mol. The first-order valence-electron chi connectivity index (χ1n) is 7.42. The lowest BCUT2D eigenvalue weighted by molar-refractivity contribution is -0.129. The van der Waals surface area contributed by atoms with Gasteiger partial charge in [0, 0.05) is 12.1 Å². The molecule has 1 atom stereocenters. The van der Waals surface area contributed by atoms with Crippen molar-refractivity contribution >= 4 is 11.8 Å². The number of rotatable bonds is 6. The van der Waals surface area contributed by atoms with Gasteiger partial charge >= 0.3 is 0 Å². The van der Waals surface area contributed by atoms with Crippen LogP contribution in [0.1, 0.15) is 19.4 Å². The van der Waals surface area contributed by atoms with E-state index in [9.17, 15) is 9.59 Å². The van der Waals surface area contributed by atoms with Gasteiger partial charge < -0.3 is 10.6 Å². The summed E-state index contributed by atoms with van der Waals surface area (Å²) < 4.78 is 0. The molecule has 8 nitrogen and oxygen atoms in total. The number of likely N-dealkylation sites (N-methyl/N-ethyl adjacent to an activating group) is 1. The van der Waals surface area contributed by atoms with Crippen molar-refractivity contribution in [1.82, 2.24) is 30.8 Å². The van der Waals surface area contributed by atoms with Crippen molar-refractivity contribution in [2.45, 2.75) is 33.4 Å². The number of carbonyl (C=O) groups excluding carboxylic acids is 2. The monoisotopic (exact) mass is 316 g/mol. The highest BCUT2D eigenvalue weighted by atomic mass is 16.2. The zero-order valence-corrected chi connectivity index (χ0v) is 13.4. The summed E-state index contributed by atoms with van der Waals surface area (Å²) in [5.74, 6) is -0.113. The van der Waals surface area contributed by atoms with Gasteiger partial charge in [0.05, 0.1) is 0 Å². The van der Waals surface area contributed by atoms with E-state index in [4.69, 9.17) is 0 Å². The Balaban J connectivity index is 1.98. The van der Waals surface area contributed by atoms with Gasteiger partial charge in [0.15, 0.2) is 0 Å². The van der Waals surface area contributed by atoms with E-state index in [0.717, 1.165) is 11.1 Å². The number of tetrazole rings is 1. The number of aryl methyl sites for hydroxylation is 1. The third kappa shape index (κ3) is 4.35. The Labute approximate surface area is 134 Å². The van der Waals surface area contributed by atoms with Crippen LogP contribution in [0.15, 0.2) is 24.3 Å². The molecule has 2 amide bonds. The molecule has 0 aliphatic carbocycles. The van der Waals surface area contributed by atoms with Crippen LogP contribution in [0.5, 0.6) is 0 Å². The summed E-state index contributed by atoms with van der Waals surface area (Å²) in [6.45, 7) is 5.82. The molecule has 0 aliphatic heterocycles. The smallest absolute Gasteiger partial charge is 0.244 e. The van der Waals surface area contributed by atoms with Crippen molar-refractivity contribution < 1.29 is 9.59 Å². The van der Waals surface area contributed by atoms with Crippen LogP contribution < -0.4 is 10.6 Å². The normalized spacial score (nSPS) is 11.8. The molecule has 2 aromatic rings. The van der Waals surface area contributed by atoms with E-state index in [2.05, 4.69) is 26.0 Å². The molecule has 0 radical (unpaired) electrons. The topological polar surface area (TPSA) is 102 Å². The Kier molecular flexibility index (Phi) is 5.40. The highest BCUT2D eigenvalue weighted by molar-refractivity contribution is 5.87. The van der Waals surface area contributed by atoms with Crippen molar-refractivity contribution in [2.24, 2.45) is 0 Å². The molecule has 122 valence electrons. The SMILES string of the molecule is CCNC(=O)[C@H](C)NC(=O)Cn1nnc(-c2ccccc2C)n1. The summed E-state index contributed by atoms with van der Waals surface area (Å²) in [5, 5.41) is 17.3. The summed E-state index contributed by atoms with van der Waals surface area (Å²) in [6.07, 6.45) is 0. The van der Waals surface area contributed by atoms with E-state index in [1.165, 1.54) is 4.80 Å². The first kappa shape index (κ1) is 16.6. The van der Waals surface area contributed by atoms with Crippen molar-refractivity contribution in [1.29, 1.82) is 0 Å². The number of nitrogens with zero attached hydrogens (tertiary/aromatic N) is 4. The number of amides is 2. The lowest BCUT2D eigenvalue weighted by Gasteiger charge is -2.12. The van der Waals surface area contributed by atoms with E-state index in [1.807, 2.05) is 38.1 Å². The number of aromatic nitrogens is 4. The van der Waals surface area contributed by atoms with Crippen molar-refractivity contribution in [2.75, 3.05) is 6.54 Å². The molecule has 2 N–H and O–H groups in total. The van der Waals surface area contributed by atoms with Gasteiger partial charge in [-0.3, -0.25) is 9.59 Å². The van der Waals surface area contributed by atoms with Crippen molar-refractivity contribution in [3.8, 4) is 11.4 Å². The maximum Gasteiger partial charge on any atom is 0.244 e. The predicted octanol–water partition coefficient (Wildman–Crippen LogP) is 0.289. The van der Waals surface area contributed by atoms with Crippen LogP contribution in [0.2, 0.25) is 0 Å². The molecule has 0 bridgehead atoms. The van der Waals surface area contributed by atoms with Crippen LogP contribution >= 0.6 is 0 Å². The van der Waals surface area contributed by atoms with Gasteiger partial charge in [0.1, 0.15) is 12.6 Å². The van der Waals surface area contributed by atoms with E-state index in [1.54, 1.807) is 6.92 Å². The number of benzene rings is 1. The van der Waals surface area contributed by atoms with Crippen LogP contribution in [-0.2, 0) is 16.1 Å². The summed E-state index contributed by atoms with van der Waals surface area (Å²) in [7, 11) is 0. The largest absolute Gasteiger partial charge is 0.355 e. The zero-order chi connectivity index (χ0) is 16.8. The Hall–Kier alpha value is -2.77. The lowest BCUT2D eigenvalue weighted by atomic mass is 10.1. The number of carbonyl (C=O) groups is 2. The van der Waals surface area contributed by atoms with Crippen LogP contribution in [-0.4, -0.2) is 44.6 Å². The van der Waals surface area contributed by atoms with Gasteiger partial charge in [-0.15, -0.1) is 10.2 Å². The Bertz CT molecular complexity index is 697. The minimum atomic E-state index is -0.609. The fourth-order valence-corrected chi connectivity index (χ4v) is 2.05. The number of hydrogen-bond acceptors (Lipinski definition) is 5. The molecule has 1 aromatic heterocycles. The first-order valence-corrected chi connectivity index (χ1v) is 7.42. The van der Waals surface area contributed by atoms with Gasteiger partial charge in [-0.25, -0.2) is 0 Å². The minimum absolute atomic E-state index is 0.0946. The summed E-state index contributed by atoms with van der Waals surface area (Å²) in [4.78, 5) is 24.7. The second kappa shape index (κ2) is 7.48. The Morgan fingerprint density at radius 3 is 2.74 bits per heavy atom. The predicted molar refractivity (Wildman–Crippen MR) is 84.3 cm³/mol. The minimum Gasteiger partial charge on any atom is -0.355 e. The van der Waals surface area contributed by atoms with E-state index in [0.29, 0.717) is 12.4 Å². The van der Waals surface area contributed by atoms with Gasteiger partial charge in [-0.2, -0.15) is 4.80 Å². The first-order chi connectivity index (χ1) is 11.0. The molecule has 0 saturated heterocycles. The van der Waals surface area contributed by atoms with Gasteiger partial charge in [0.2, 0.25) is 17.6 Å². The van der Waals surface area contributed by atoms with Crippen LogP contribution in [0.4, 0.5) is 0 Å². The molecule has 1 heterocycles. The third-order valence-electron chi connectivity index (χ3n) is 3.25. The average molecular weight is 316 g/mol. The molecule has 8 heteroatoms. The molecule has 0 spiro atoms.